The van der Waals surface area contributed by atoms with E-state index in [9.17, 15) is 52.7 Å². The summed E-state index contributed by atoms with van der Waals surface area (Å²) in [5.74, 6) is -14.7. The number of rotatable bonds is 9. The van der Waals surface area contributed by atoms with Gasteiger partial charge in [0.25, 0.3) is 10.0 Å². The largest absolute Gasteiger partial charge is 0.460 e. The Morgan fingerprint density at radius 2 is 1.33 bits per heavy atom. The van der Waals surface area contributed by atoms with Gasteiger partial charge in [-0.2, -0.15) is 43.8 Å². The normalized spacial score (nSPS) is 15.0. The van der Waals surface area contributed by atoms with E-state index in [1.807, 2.05) is 0 Å². The molecule has 0 aromatic carbocycles. The quantitative estimate of drug-likeness (QED) is 0.473. The number of hydrogen-bond acceptors (Lipinski definition) is 4. The molecule has 5 nitrogen and oxygen atoms in total. The molecule has 0 aliphatic rings. The van der Waals surface area contributed by atoms with Gasteiger partial charge in [-0.25, -0.2) is 8.42 Å². The van der Waals surface area contributed by atoms with E-state index in [1.54, 1.807) is 0 Å². The van der Waals surface area contributed by atoms with Crippen molar-refractivity contribution in [2.45, 2.75) is 29.7 Å². The zero-order valence-electron chi connectivity index (χ0n) is 11.3. The summed E-state index contributed by atoms with van der Waals surface area (Å²) in [6.07, 6.45) is -8.09. The Morgan fingerprint density at radius 1 is 0.875 bits per heavy atom. The number of halogens is 9. The minimum absolute atomic E-state index is 0.0551. The van der Waals surface area contributed by atoms with E-state index < -0.39 is 63.7 Å². The lowest BCUT2D eigenvalue weighted by Crippen LogP contribution is -2.65. The molecule has 0 heterocycles. The number of aldehydes is 1. The average Bonchev–Trinajstić information content (AvgIpc) is 2.41. The maximum absolute atomic E-state index is 13.5. The number of aliphatic hydroxyl groups excluding tert-OH is 1. The molecular weight excluding hydrogens is 389 g/mol. The van der Waals surface area contributed by atoms with Crippen molar-refractivity contribution < 1.29 is 57.8 Å². The van der Waals surface area contributed by atoms with Crippen LogP contribution in [0.25, 0.3) is 0 Å². The van der Waals surface area contributed by atoms with Gasteiger partial charge in [-0.15, -0.1) is 0 Å². The molecule has 1 N–H and O–H groups in total. The van der Waals surface area contributed by atoms with Crippen molar-refractivity contribution in [2.24, 2.45) is 0 Å². The molecule has 0 saturated heterocycles. The molecule has 15 heteroatoms. The summed E-state index contributed by atoms with van der Waals surface area (Å²) in [5, 5.41) is 1.62. The zero-order valence-corrected chi connectivity index (χ0v) is 12.2. The fraction of sp³-hybridized carbons (Fsp3) is 0.889. The first-order chi connectivity index (χ1) is 10.5. The molecule has 0 aliphatic heterocycles. The Balaban J connectivity index is 6.11. The van der Waals surface area contributed by atoms with Gasteiger partial charge in [-0.3, -0.25) is 0 Å². The van der Waals surface area contributed by atoms with Gasteiger partial charge in [0.1, 0.15) is 6.29 Å². The van der Waals surface area contributed by atoms with E-state index in [0.29, 0.717) is 0 Å². The molecule has 0 aliphatic carbocycles. The number of alkyl halides is 9. The Morgan fingerprint density at radius 3 is 1.67 bits per heavy atom. The second-order valence-electron chi connectivity index (χ2n) is 4.25. The van der Waals surface area contributed by atoms with Crippen LogP contribution in [0.1, 0.15) is 6.42 Å². The standard InChI is InChI=1S/C9H10F9NO4S/c10-6(11,8(14,15)16)7(12,13)9(17,18)24(22,23)19(3-5-21)2-1-4-20/h4,21H,1-3,5H2. The highest BCUT2D eigenvalue weighted by molar-refractivity contribution is 7.90. The van der Waals surface area contributed by atoms with Crippen molar-refractivity contribution in [3.05, 3.63) is 0 Å². The monoisotopic (exact) mass is 399 g/mol. The first-order valence-electron chi connectivity index (χ1n) is 5.76. The Bertz CT molecular complexity index is 546. The van der Waals surface area contributed by atoms with Crippen molar-refractivity contribution in [1.82, 2.24) is 4.31 Å². The lowest BCUT2D eigenvalue weighted by Gasteiger charge is -2.35. The van der Waals surface area contributed by atoms with Gasteiger partial charge in [-0.05, 0) is 0 Å². The number of carbonyl (C=O) groups excluding carboxylic acids is 1. The molecule has 0 rings (SSSR count). The summed E-state index contributed by atoms with van der Waals surface area (Å²) in [6, 6.07) is 0. The third-order valence-corrected chi connectivity index (χ3v) is 4.57. The Kier molecular flexibility index (Phi) is 6.71. The van der Waals surface area contributed by atoms with Crippen LogP contribution >= 0.6 is 0 Å². The Hall–Kier alpha value is -1.09. The third kappa shape index (κ3) is 3.61. The van der Waals surface area contributed by atoms with Gasteiger partial charge in [0, 0.05) is 19.5 Å². The molecule has 0 atom stereocenters. The summed E-state index contributed by atoms with van der Waals surface area (Å²) in [6.45, 7) is -3.83. The van der Waals surface area contributed by atoms with Gasteiger partial charge in [-0.1, -0.05) is 0 Å². The van der Waals surface area contributed by atoms with Crippen LogP contribution in [0.2, 0.25) is 0 Å². The van der Waals surface area contributed by atoms with Gasteiger partial charge in [0.05, 0.1) is 6.61 Å². The summed E-state index contributed by atoms with van der Waals surface area (Å²) >= 11 is 0. The van der Waals surface area contributed by atoms with Gasteiger partial charge < -0.3 is 9.90 Å². The second kappa shape index (κ2) is 7.03. The van der Waals surface area contributed by atoms with Crippen LogP contribution in [0.3, 0.4) is 0 Å². The minimum Gasteiger partial charge on any atom is -0.395 e. The van der Waals surface area contributed by atoms with Gasteiger partial charge >= 0.3 is 23.3 Å². The van der Waals surface area contributed by atoms with Gasteiger partial charge in [0.2, 0.25) is 0 Å². The lowest BCUT2D eigenvalue weighted by atomic mass is 10.1. The molecule has 0 aromatic rings. The maximum atomic E-state index is 13.5. The SMILES string of the molecule is O=CCCN(CCO)S(=O)(=O)C(F)(F)C(F)(F)C(F)(F)C(F)(F)F. The lowest BCUT2D eigenvalue weighted by molar-refractivity contribution is -0.382. The van der Waals surface area contributed by atoms with Crippen LogP contribution in [0, 0.1) is 0 Å². The molecule has 0 unspecified atom stereocenters. The Labute approximate surface area is 129 Å². The molecular formula is C9H10F9NO4S. The van der Waals surface area contributed by atoms with E-state index in [4.69, 9.17) is 5.11 Å². The van der Waals surface area contributed by atoms with Crippen molar-refractivity contribution in [1.29, 1.82) is 0 Å². The predicted molar refractivity (Wildman–Crippen MR) is 59.2 cm³/mol. The molecule has 0 aromatic heterocycles. The first-order valence-corrected chi connectivity index (χ1v) is 7.20. The van der Waals surface area contributed by atoms with Crippen LogP contribution < -0.4 is 0 Å². The molecule has 0 fully saturated rings. The van der Waals surface area contributed by atoms with E-state index in [1.165, 1.54) is 0 Å². The number of nitrogens with zero attached hydrogens (tertiary/aromatic N) is 1. The van der Waals surface area contributed by atoms with Crippen molar-refractivity contribution in [3.8, 4) is 0 Å². The van der Waals surface area contributed by atoms with Crippen LogP contribution in [-0.2, 0) is 14.8 Å². The molecule has 0 spiro atoms. The van der Waals surface area contributed by atoms with E-state index in [-0.39, 0.29) is 6.29 Å². The van der Waals surface area contributed by atoms with Crippen LogP contribution in [-0.4, -0.2) is 67.1 Å². The molecule has 0 bridgehead atoms. The highest BCUT2D eigenvalue weighted by Gasteiger charge is 2.85. The summed E-state index contributed by atoms with van der Waals surface area (Å²) in [4.78, 5) is 10.1. The van der Waals surface area contributed by atoms with E-state index in [0.717, 1.165) is 0 Å². The highest BCUT2D eigenvalue weighted by atomic mass is 32.2. The third-order valence-electron chi connectivity index (χ3n) is 2.63. The van der Waals surface area contributed by atoms with Crippen molar-refractivity contribution in [2.75, 3.05) is 19.7 Å². The zero-order chi connectivity index (χ0) is 19.6. The fourth-order valence-electron chi connectivity index (χ4n) is 1.35. The first kappa shape index (κ1) is 22.9. The second-order valence-corrected chi connectivity index (χ2v) is 6.23. The van der Waals surface area contributed by atoms with E-state index >= 15 is 0 Å². The molecule has 24 heavy (non-hydrogen) atoms. The summed E-state index contributed by atoms with van der Waals surface area (Å²) in [5.41, 5.74) is 0. The smallest absolute Gasteiger partial charge is 0.395 e. The van der Waals surface area contributed by atoms with Crippen LogP contribution in [0.15, 0.2) is 0 Å². The molecule has 0 saturated carbocycles. The van der Waals surface area contributed by atoms with Crippen LogP contribution in [0.4, 0.5) is 39.5 Å². The minimum atomic E-state index is -7.37. The van der Waals surface area contributed by atoms with Crippen LogP contribution in [0.5, 0.6) is 0 Å². The summed E-state index contributed by atoms with van der Waals surface area (Å²) < 4.78 is 137. The maximum Gasteiger partial charge on any atom is 0.460 e. The number of aliphatic hydroxyl groups is 1. The van der Waals surface area contributed by atoms with Crippen molar-refractivity contribution in [3.63, 3.8) is 0 Å². The number of hydrogen-bond donors (Lipinski definition) is 1. The summed E-state index contributed by atoms with van der Waals surface area (Å²) in [7, 11) is -6.78. The predicted octanol–water partition coefficient (Wildman–Crippen LogP) is 1.63. The average molecular weight is 399 g/mol. The molecule has 0 radical (unpaired) electrons. The number of carbonyl (C=O) groups is 1. The topological polar surface area (TPSA) is 74.7 Å². The van der Waals surface area contributed by atoms with Gasteiger partial charge in [0.15, 0.2) is 0 Å². The number of sulfonamides is 1. The fourth-order valence-corrected chi connectivity index (χ4v) is 2.79. The highest BCUT2D eigenvalue weighted by Crippen LogP contribution is 2.55. The molecule has 0 amide bonds. The van der Waals surface area contributed by atoms with E-state index in [2.05, 4.69) is 0 Å². The molecule has 144 valence electrons. The van der Waals surface area contributed by atoms with Crippen molar-refractivity contribution >= 4 is 16.3 Å².